The normalized spacial score (nSPS) is 13.8. The van der Waals surface area contributed by atoms with Crippen LogP contribution < -0.4 is 0 Å². The van der Waals surface area contributed by atoms with Crippen molar-refractivity contribution >= 4 is 56.5 Å². The first-order chi connectivity index (χ1) is 13.5. The topological polar surface area (TPSA) is 94.8 Å². The Morgan fingerprint density at radius 1 is 0.724 bits per heavy atom. The molecule has 0 aliphatic heterocycles. The van der Waals surface area contributed by atoms with E-state index in [2.05, 4.69) is 0 Å². The molecule has 5 nitrogen and oxygen atoms in total. The Hall–Kier alpha value is -1.67. The van der Waals surface area contributed by atoms with E-state index in [1.165, 1.54) is 48.5 Å². The number of aromatic hydroxyl groups is 2. The van der Waals surface area contributed by atoms with Crippen molar-refractivity contribution < 1.29 is 23.2 Å². The van der Waals surface area contributed by atoms with E-state index in [1.54, 1.807) is 6.07 Å². The molecule has 152 valence electrons. The Morgan fingerprint density at radius 3 is 1.93 bits per heavy atom. The molecule has 3 rings (SSSR count). The Kier molecular flexibility index (Phi) is 5.98. The van der Waals surface area contributed by atoms with Crippen molar-refractivity contribution in [1.82, 2.24) is 0 Å². The van der Waals surface area contributed by atoms with Gasteiger partial charge in [0.2, 0.25) is 0 Å². The minimum Gasteiger partial charge on any atom is -0.508 e. The molecular weight excluding hydrogens is 482 g/mol. The van der Waals surface area contributed by atoms with Gasteiger partial charge in [-0.1, -0.05) is 76.7 Å². The van der Waals surface area contributed by atoms with E-state index >= 15 is 0 Å². The highest BCUT2D eigenvalue weighted by Gasteiger charge is 2.53. The van der Waals surface area contributed by atoms with Crippen LogP contribution in [0.5, 0.6) is 11.5 Å². The molecule has 0 amide bonds. The molecule has 0 aliphatic rings. The molecule has 0 saturated carbocycles. The van der Waals surface area contributed by atoms with Crippen molar-refractivity contribution in [3.8, 4) is 11.5 Å². The molecule has 3 aromatic rings. The van der Waals surface area contributed by atoms with Gasteiger partial charge in [-0.2, -0.15) is 8.42 Å². The first-order valence-electron chi connectivity index (χ1n) is 7.91. The van der Waals surface area contributed by atoms with Crippen molar-refractivity contribution in [1.29, 1.82) is 0 Å². The first kappa shape index (κ1) is 22.0. The van der Waals surface area contributed by atoms with Crippen LogP contribution in [0.15, 0.2) is 54.6 Å². The highest BCUT2D eigenvalue weighted by atomic mass is 35.5. The molecule has 3 aromatic carbocycles. The Bertz CT molecular complexity index is 1190. The van der Waals surface area contributed by atoms with Gasteiger partial charge in [0, 0.05) is 26.7 Å². The quantitative estimate of drug-likeness (QED) is 0.311. The second kappa shape index (κ2) is 7.87. The molecular formula is C19H12Cl4O5S. The fourth-order valence-corrected chi connectivity index (χ4v) is 5.89. The van der Waals surface area contributed by atoms with Crippen LogP contribution in [0.25, 0.3) is 0 Å². The van der Waals surface area contributed by atoms with Gasteiger partial charge in [0.15, 0.2) is 10.5 Å². The minimum atomic E-state index is -5.17. The predicted molar refractivity (Wildman–Crippen MR) is 114 cm³/mol. The van der Waals surface area contributed by atoms with Gasteiger partial charge in [0.25, 0.3) is 10.1 Å². The number of hydrogen-bond acceptors (Lipinski definition) is 4. The molecule has 0 radical (unpaired) electrons. The summed E-state index contributed by atoms with van der Waals surface area (Å²) in [6.45, 7) is 0. The third kappa shape index (κ3) is 3.44. The van der Waals surface area contributed by atoms with E-state index in [1.807, 2.05) is 0 Å². The summed E-state index contributed by atoms with van der Waals surface area (Å²) in [7, 11) is -5.17. The zero-order valence-corrected chi connectivity index (χ0v) is 18.1. The van der Waals surface area contributed by atoms with E-state index in [4.69, 9.17) is 46.4 Å². The average molecular weight is 494 g/mol. The van der Waals surface area contributed by atoms with Crippen molar-refractivity contribution in [2.45, 2.75) is 4.75 Å². The smallest absolute Gasteiger partial charge is 0.283 e. The molecule has 1 unspecified atom stereocenters. The minimum absolute atomic E-state index is 0.0602. The number of benzene rings is 3. The molecule has 1 atom stereocenters. The number of rotatable bonds is 4. The van der Waals surface area contributed by atoms with Crippen LogP contribution in [-0.2, 0) is 14.9 Å². The van der Waals surface area contributed by atoms with Crippen molar-refractivity contribution in [3.05, 3.63) is 91.4 Å². The van der Waals surface area contributed by atoms with E-state index < -0.39 is 31.4 Å². The second-order valence-corrected chi connectivity index (χ2v) is 9.19. The van der Waals surface area contributed by atoms with Crippen molar-refractivity contribution in [2.75, 3.05) is 0 Å². The van der Waals surface area contributed by atoms with Crippen LogP contribution in [0.1, 0.15) is 16.7 Å². The number of phenols is 2. The molecule has 0 fully saturated rings. The van der Waals surface area contributed by atoms with E-state index in [0.29, 0.717) is 0 Å². The van der Waals surface area contributed by atoms with Crippen LogP contribution >= 0.6 is 46.4 Å². The molecule has 0 aliphatic carbocycles. The molecule has 0 bridgehead atoms. The third-order valence-electron chi connectivity index (χ3n) is 4.43. The van der Waals surface area contributed by atoms with Crippen molar-refractivity contribution in [2.24, 2.45) is 0 Å². The lowest BCUT2D eigenvalue weighted by Crippen LogP contribution is -2.39. The lowest BCUT2D eigenvalue weighted by Gasteiger charge is -2.35. The van der Waals surface area contributed by atoms with Crippen LogP contribution in [0.2, 0.25) is 20.1 Å². The maximum atomic E-state index is 13.0. The maximum Gasteiger partial charge on any atom is 0.283 e. The Morgan fingerprint density at radius 2 is 1.34 bits per heavy atom. The summed E-state index contributed by atoms with van der Waals surface area (Å²) in [4.78, 5) is 0. The summed E-state index contributed by atoms with van der Waals surface area (Å²) >= 11 is 24.8. The summed E-state index contributed by atoms with van der Waals surface area (Å²) in [5.74, 6) is -1.15. The van der Waals surface area contributed by atoms with E-state index in [0.717, 1.165) is 0 Å². The fraction of sp³-hybridized carbons (Fsp3) is 0.0526. The zero-order chi connectivity index (χ0) is 21.6. The molecule has 0 heterocycles. The highest BCUT2D eigenvalue weighted by Crippen LogP contribution is 2.54. The van der Waals surface area contributed by atoms with Crippen LogP contribution in [0.4, 0.5) is 0 Å². The van der Waals surface area contributed by atoms with Crippen LogP contribution in [-0.4, -0.2) is 23.2 Å². The fourth-order valence-electron chi connectivity index (χ4n) is 3.24. The molecule has 10 heteroatoms. The molecule has 29 heavy (non-hydrogen) atoms. The van der Waals surface area contributed by atoms with Gasteiger partial charge >= 0.3 is 0 Å². The van der Waals surface area contributed by atoms with E-state index in [9.17, 15) is 23.2 Å². The van der Waals surface area contributed by atoms with Crippen LogP contribution in [0.3, 0.4) is 0 Å². The summed E-state index contributed by atoms with van der Waals surface area (Å²) in [5.41, 5.74) is -0.836. The molecule has 3 N–H and O–H groups in total. The van der Waals surface area contributed by atoms with Gasteiger partial charge in [-0.15, -0.1) is 0 Å². The van der Waals surface area contributed by atoms with Gasteiger partial charge in [0.05, 0.1) is 10.0 Å². The SMILES string of the molecule is O=S(=O)(O)C(c1ccccc1Cl)(c1ccc(Cl)c(O)c1Cl)c1c(O)cccc1Cl. The predicted octanol–water partition coefficient (Wildman–Crippen LogP) is 5.89. The van der Waals surface area contributed by atoms with Gasteiger partial charge in [0.1, 0.15) is 5.75 Å². The Labute approximate surface area is 186 Å². The van der Waals surface area contributed by atoms with Gasteiger partial charge in [-0.25, -0.2) is 0 Å². The second-order valence-electron chi connectivity index (χ2n) is 6.03. The largest absolute Gasteiger partial charge is 0.508 e. The molecule has 0 aromatic heterocycles. The van der Waals surface area contributed by atoms with Gasteiger partial charge in [-0.05, 0) is 24.3 Å². The Balaban J connectivity index is 2.68. The first-order valence-corrected chi connectivity index (χ1v) is 10.9. The number of halogens is 4. The highest BCUT2D eigenvalue weighted by molar-refractivity contribution is 7.87. The van der Waals surface area contributed by atoms with Gasteiger partial charge < -0.3 is 10.2 Å². The number of phenolic OH excluding ortho intramolecular Hbond substituents is 2. The monoisotopic (exact) mass is 492 g/mol. The summed E-state index contributed by atoms with van der Waals surface area (Å²) in [6.07, 6.45) is 0. The van der Waals surface area contributed by atoms with E-state index in [-0.39, 0.29) is 31.8 Å². The lowest BCUT2D eigenvalue weighted by atomic mass is 9.83. The zero-order valence-electron chi connectivity index (χ0n) is 14.3. The molecule has 0 saturated heterocycles. The van der Waals surface area contributed by atoms with Gasteiger partial charge in [-0.3, -0.25) is 4.55 Å². The lowest BCUT2D eigenvalue weighted by molar-refractivity contribution is 0.439. The van der Waals surface area contributed by atoms with Crippen molar-refractivity contribution in [3.63, 3.8) is 0 Å². The molecule has 0 spiro atoms. The maximum absolute atomic E-state index is 13.0. The third-order valence-corrected chi connectivity index (χ3v) is 7.18. The summed E-state index contributed by atoms with van der Waals surface area (Å²) < 4.78 is 34.0. The standard InChI is InChI=1S/C19H12Cl4O5S/c20-12-5-2-1-4-10(12)19(29(26,27)28,16-13(21)6-3-7-15(16)24)11-8-9-14(22)18(25)17(11)23/h1-9,24-25H,(H,26,27,28). The summed E-state index contributed by atoms with van der Waals surface area (Å²) in [6, 6.07) is 12.1. The average Bonchev–Trinajstić information content (AvgIpc) is 2.63. The number of hydrogen-bond donors (Lipinski definition) is 3. The van der Waals surface area contributed by atoms with Crippen LogP contribution in [0, 0.1) is 0 Å². The summed E-state index contributed by atoms with van der Waals surface area (Å²) in [5, 5.41) is 20.0.